The molecule has 4 rings (SSSR count). The number of nitrogens with zero attached hydrogens (tertiary/aromatic N) is 5. The Bertz CT molecular complexity index is 1180. The predicted molar refractivity (Wildman–Crippen MR) is 107 cm³/mol. The van der Waals surface area contributed by atoms with Crippen molar-refractivity contribution in [1.29, 1.82) is 0 Å². The Balaban J connectivity index is 2.00. The minimum Gasteiger partial charge on any atom is -0.312 e. The van der Waals surface area contributed by atoms with E-state index in [4.69, 9.17) is 4.98 Å². The Kier molecular flexibility index (Phi) is 4.02. The number of imidazole rings is 1. The lowest BCUT2D eigenvalue weighted by Gasteiger charge is -2.29. The number of benzene rings is 1. The van der Waals surface area contributed by atoms with E-state index in [1.165, 1.54) is 9.13 Å². The summed E-state index contributed by atoms with van der Waals surface area (Å²) < 4.78 is 4.64. The number of hydrogen-bond acceptors (Lipinski definition) is 4. The first-order valence-corrected chi connectivity index (χ1v) is 9.07. The molecule has 1 aromatic carbocycles. The van der Waals surface area contributed by atoms with Crippen LogP contribution in [0.15, 0.2) is 46.0 Å². The molecular formula is C20H23N5O2. The first kappa shape index (κ1) is 17.3. The van der Waals surface area contributed by atoms with Gasteiger partial charge in [-0.25, -0.2) is 4.79 Å². The maximum atomic E-state index is 13.1. The van der Waals surface area contributed by atoms with Gasteiger partial charge in [0.1, 0.15) is 0 Å². The molecule has 0 N–H and O–H groups in total. The van der Waals surface area contributed by atoms with Crippen molar-refractivity contribution in [2.45, 2.75) is 33.4 Å². The van der Waals surface area contributed by atoms with Crippen LogP contribution in [0.3, 0.4) is 0 Å². The average Bonchev–Trinajstić information content (AvgIpc) is 3.03. The molecule has 140 valence electrons. The highest BCUT2D eigenvalue weighted by atomic mass is 16.2. The molecule has 0 saturated heterocycles. The molecule has 3 heterocycles. The summed E-state index contributed by atoms with van der Waals surface area (Å²) in [6, 6.07) is 8.21. The van der Waals surface area contributed by atoms with Gasteiger partial charge in [-0.2, -0.15) is 4.98 Å². The van der Waals surface area contributed by atoms with Crippen molar-refractivity contribution in [2.75, 3.05) is 11.4 Å². The lowest BCUT2D eigenvalue weighted by Crippen LogP contribution is -2.40. The highest BCUT2D eigenvalue weighted by Crippen LogP contribution is 2.31. The summed E-state index contributed by atoms with van der Waals surface area (Å²) in [5.74, 6) is 0.710. The highest BCUT2D eigenvalue weighted by molar-refractivity contribution is 5.77. The first-order valence-electron chi connectivity index (χ1n) is 9.07. The molecule has 1 aliphatic heterocycles. The molecule has 0 fully saturated rings. The van der Waals surface area contributed by atoms with Gasteiger partial charge in [-0.3, -0.25) is 13.9 Å². The Morgan fingerprint density at radius 2 is 2.04 bits per heavy atom. The van der Waals surface area contributed by atoms with Crippen LogP contribution in [0.2, 0.25) is 0 Å². The second-order valence-electron chi connectivity index (χ2n) is 7.27. The Morgan fingerprint density at radius 1 is 1.26 bits per heavy atom. The van der Waals surface area contributed by atoms with Crippen molar-refractivity contribution in [2.24, 2.45) is 7.05 Å². The maximum Gasteiger partial charge on any atom is 0.332 e. The Morgan fingerprint density at radius 3 is 2.74 bits per heavy atom. The van der Waals surface area contributed by atoms with E-state index in [0.717, 1.165) is 29.8 Å². The number of fused-ring (bicyclic) bond motifs is 3. The normalized spacial score (nSPS) is 13.8. The molecule has 7 heteroatoms. The van der Waals surface area contributed by atoms with E-state index < -0.39 is 0 Å². The number of aryl methyl sites for hydroxylation is 3. The van der Waals surface area contributed by atoms with Crippen LogP contribution >= 0.6 is 0 Å². The quantitative estimate of drug-likeness (QED) is 0.668. The largest absolute Gasteiger partial charge is 0.332 e. The summed E-state index contributed by atoms with van der Waals surface area (Å²) >= 11 is 0. The SMILES string of the molecule is C=C(C)Cn1c(=O)c2c(nc3n2CCCN3c2cccc(C)c2)n(C)c1=O. The van der Waals surface area contributed by atoms with E-state index in [1.807, 2.05) is 16.7 Å². The van der Waals surface area contributed by atoms with Crippen LogP contribution in [0.4, 0.5) is 11.6 Å². The lowest BCUT2D eigenvalue weighted by molar-refractivity contribution is 0.597. The molecule has 0 saturated carbocycles. The van der Waals surface area contributed by atoms with Crippen LogP contribution in [0.25, 0.3) is 11.2 Å². The zero-order valence-corrected chi connectivity index (χ0v) is 15.9. The summed E-state index contributed by atoms with van der Waals surface area (Å²) in [5.41, 5.74) is 3.20. The van der Waals surface area contributed by atoms with Gasteiger partial charge in [0.2, 0.25) is 5.95 Å². The highest BCUT2D eigenvalue weighted by Gasteiger charge is 2.26. The van der Waals surface area contributed by atoms with Gasteiger partial charge in [-0.15, -0.1) is 0 Å². The average molecular weight is 365 g/mol. The fourth-order valence-electron chi connectivity index (χ4n) is 3.71. The Hall–Kier alpha value is -3.09. The Labute approximate surface area is 156 Å². The molecule has 2 aromatic heterocycles. The smallest absolute Gasteiger partial charge is 0.312 e. The third kappa shape index (κ3) is 2.70. The van der Waals surface area contributed by atoms with Crippen LogP contribution in [0, 0.1) is 6.92 Å². The van der Waals surface area contributed by atoms with E-state index in [2.05, 4.69) is 30.5 Å². The van der Waals surface area contributed by atoms with Crippen molar-refractivity contribution < 1.29 is 0 Å². The van der Waals surface area contributed by atoms with Gasteiger partial charge in [0.15, 0.2) is 11.2 Å². The third-order valence-electron chi connectivity index (χ3n) is 4.96. The number of allylic oxidation sites excluding steroid dienone is 1. The van der Waals surface area contributed by atoms with Gasteiger partial charge in [-0.05, 0) is 38.0 Å². The maximum absolute atomic E-state index is 13.1. The topological polar surface area (TPSA) is 65.1 Å². The molecule has 3 aromatic rings. The molecule has 1 aliphatic rings. The van der Waals surface area contributed by atoms with Crippen LogP contribution in [-0.2, 0) is 20.1 Å². The van der Waals surface area contributed by atoms with Crippen molar-refractivity contribution in [3.63, 3.8) is 0 Å². The van der Waals surface area contributed by atoms with Crippen LogP contribution < -0.4 is 16.1 Å². The molecule has 0 amide bonds. The van der Waals surface area contributed by atoms with E-state index in [9.17, 15) is 9.59 Å². The zero-order valence-electron chi connectivity index (χ0n) is 15.9. The van der Waals surface area contributed by atoms with E-state index >= 15 is 0 Å². The van der Waals surface area contributed by atoms with Gasteiger partial charge >= 0.3 is 5.69 Å². The molecule has 0 unspecified atom stereocenters. The van der Waals surface area contributed by atoms with Crippen molar-refractivity contribution in [3.05, 3.63) is 62.8 Å². The summed E-state index contributed by atoms with van der Waals surface area (Å²) in [7, 11) is 1.66. The van der Waals surface area contributed by atoms with Crippen molar-refractivity contribution in [1.82, 2.24) is 18.7 Å². The molecule has 0 spiro atoms. The van der Waals surface area contributed by atoms with E-state index in [1.54, 1.807) is 14.0 Å². The molecule has 27 heavy (non-hydrogen) atoms. The fraction of sp³-hybridized carbons (Fsp3) is 0.350. The summed E-state index contributed by atoms with van der Waals surface area (Å²) in [4.78, 5) is 32.6. The molecular weight excluding hydrogens is 342 g/mol. The second-order valence-corrected chi connectivity index (χ2v) is 7.27. The monoisotopic (exact) mass is 365 g/mol. The van der Waals surface area contributed by atoms with Gasteiger partial charge in [0.25, 0.3) is 5.56 Å². The van der Waals surface area contributed by atoms with Gasteiger partial charge in [0, 0.05) is 25.8 Å². The van der Waals surface area contributed by atoms with Crippen LogP contribution in [0.1, 0.15) is 18.9 Å². The molecule has 0 atom stereocenters. The molecule has 7 nitrogen and oxygen atoms in total. The molecule has 0 bridgehead atoms. The van der Waals surface area contributed by atoms with Crippen molar-refractivity contribution in [3.8, 4) is 0 Å². The predicted octanol–water partition coefficient (Wildman–Crippen LogP) is 2.32. The molecule has 0 aliphatic carbocycles. The first-order chi connectivity index (χ1) is 12.9. The standard InChI is InChI=1S/C20H23N5O2/c1-13(2)12-25-18(26)16-17(22(4)20(25)27)21-19-23(9-6-10-24(16)19)15-8-5-7-14(3)11-15/h5,7-8,11H,1,6,9-10,12H2,2-4H3. The second kappa shape index (κ2) is 6.26. The van der Waals surface area contributed by atoms with Crippen LogP contribution in [0.5, 0.6) is 0 Å². The fourth-order valence-corrected chi connectivity index (χ4v) is 3.71. The van der Waals surface area contributed by atoms with E-state index in [0.29, 0.717) is 23.7 Å². The van der Waals surface area contributed by atoms with Gasteiger partial charge in [0.05, 0.1) is 6.54 Å². The zero-order chi connectivity index (χ0) is 19.3. The minimum atomic E-state index is -0.368. The third-order valence-corrected chi connectivity index (χ3v) is 4.96. The van der Waals surface area contributed by atoms with E-state index in [-0.39, 0.29) is 17.8 Å². The number of hydrogen-bond donors (Lipinski definition) is 0. The van der Waals surface area contributed by atoms with Crippen LogP contribution in [-0.4, -0.2) is 25.2 Å². The van der Waals surface area contributed by atoms with Gasteiger partial charge < -0.3 is 9.47 Å². The number of rotatable bonds is 3. The minimum absolute atomic E-state index is 0.212. The van der Waals surface area contributed by atoms with Gasteiger partial charge in [-0.1, -0.05) is 24.3 Å². The molecule has 0 radical (unpaired) electrons. The summed E-state index contributed by atoms with van der Waals surface area (Å²) in [6.45, 7) is 9.43. The number of anilines is 2. The lowest BCUT2D eigenvalue weighted by atomic mass is 10.2. The summed E-state index contributed by atoms with van der Waals surface area (Å²) in [5, 5.41) is 0. The number of aromatic nitrogens is 4. The summed E-state index contributed by atoms with van der Waals surface area (Å²) in [6.07, 6.45) is 0.898. The van der Waals surface area contributed by atoms with Crippen molar-refractivity contribution >= 4 is 22.8 Å².